The van der Waals surface area contributed by atoms with Crippen molar-refractivity contribution >= 4 is 17.3 Å². The first-order valence-electron chi connectivity index (χ1n) is 9.04. The Hall–Kier alpha value is -2.65. The first-order chi connectivity index (χ1) is 13.2. The van der Waals surface area contributed by atoms with Crippen molar-refractivity contribution in [1.82, 2.24) is 0 Å². The maximum absolute atomic E-state index is 6.63. The highest BCUT2D eigenvalue weighted by Crippen LogP contribution is 2.44. The molecule has 0 N–H and O–H groups in total. The summed E-state index contributed by atoms with van der Waals surface area (Å²) in [5.41, 5.74) is 4.75. The summed E-state index contributed by atoms with van der Waals surface area (Å²) < 4.78 is 11.1. The molecule has 0 radical (unpaired) electrons. The van der Waals surface area contributed by atoms with Crippen LogP contribution in [-0.2, 0) is 6.42 Å². The van der Waals surface area contributed by atoms with E-state index in [0.29, 0.717) is 0 Å². The van der Waals surface area contributed by atoms with Gasteiger partial charge in [-0.3, -0.25) is 0 Å². The minimum Gasteiger partial charge on any atom is -0.493 e. The molecule has 0 amide bonds. The van der Waals surface area contributed by atoms with E-state index in [4.69, 9.17) is 21.1 Å². The van der Waals surface area contributed by atoms with Crippen molar-refractivity contribution in [3.8, 4) is 11.5 Å². The van der Waals surface area contributed by atoms with E-state index >= 15 is 0 Å². The first kappa shape index (κ1) is 17.7. The van der Waals surface area contributed by atoms with Crippen LogP contribution in [0.15, 0.2) is 66.7 Å². The largest absolute Gasteiger partial charge is 0.493 e. The van der Waals surface area contributed by atoms with Gasteiger partial charge in [-0.1, -0.05) is 48.0 Å². The van der Waals surface area contributed by atoms with Crippen molar-refractivity contribution in [3.05, 3.63) is 88.4 Å². The minimum atomic E-state index is 0.0182. The van der Waals surface area contributed by atoms with Crippen LogP contribution in [0.4, 0.5) is 5.69 Å². The topological polar surface area (TPSA) is 21.7 Å². The number of ether oxygens (including phenoxy) is 2. The highest BCUT2D eigenvalue weighted by Gasteiger charge is 2.31. The number of hydrogen-bond acceptors (Lipinski definition) is 3. The van der Waals surface area contributed by atoms with Crippen molar-refractivity contribution in [2.24, 2.45) is 0 Å². The molecule has 27 heavy (non-hydrogen) atoms. The van der Waals surface area contributed by atoms with Gasteiger partial charge in [-0.15, -0.1) is 0 Å². The Labute approximate surface area is 165 Å². The maximum atomic E-state index is 6.63. The zero-order valence-electron chi connectivity index (χ0n) is 15.5. The molecule has 0 fully saturated rings. The van der Waals surface area contributed by atoms with Crippen LogP contribution in [0.5, 0.6) is 11.5 Å². The van der Waals surface area contributed by atoms with Gasteiger partial charge in [-0.25, -0.2) is 0 Å². The molecule has 1 aliphatic heterocycles. The number of para-hydroxylation sites is 1. The Balaban J connectivity index is 1.92. The third-order valence-corrected chi connectivity index (χ3v) is 5.51. The van der Waals surface area contributed by atoms with Crippen LogP contribution in [0.25, 0.3) is 0 Å². The van der Waals surface area contributed by atoms with Gasteiger partial charge in [0.05, 0.1) is 20.3 Å². The van der Waals surface area contributed by atoms with Crippen LogP contribution in [0.3, 0.4) is 0 Å². The van der Waals surface area contributed by atoms with Gasteiger partial charge in [0.1, 0.15) is 0 Å². The van der Waals surface area contributed by atoms with Crippen LogP contribution in [-0.4, -0.2) is 20.8 Å². The van der Waals surface area contributed by atoms with Gasteiger partial charge in [0.15, 0.2) is 11.5 Å². The smallest absolute Gasteiger partial charge is 0.161 e. The zero-order chi connectivity index (χ0) is 18.8. The summed E-state index contributed by atoms with van der Waals surface area (Å²) in [5.74, 6) is 1.51. The van der Waals surface area contributed by atoms with Gasteiger partial charge in [-0.05, 0) is 53.4 Å². The Morgan fingerprint density at radius 1 is 0.852 bits per heavy atom. The number of nitrogens with zero attached hydrogens (tertiary/aromatic N) is 1. The molecule has 0 spiro atoms. The molecule has 0 aliphatic carbocycles. The third kappa shape index (κ3) is 3.24. The molecular formula is C23H22ClNO2. The molecule has 138 valence electrons. The molecule has 0 bridgehead atoms. The SMILES string of the molecule is COc1cc2c(cc1OC)C(c1ccccc1Cl)N(c1ccccc1)CC2. The van der Waals surface area contributed by atoms with Crippen LogP contribution < -0.4 is 14.4 Å². The van der Waals surface area contributed by atoms with E-state index in [1.807, 2.05) is 24.3 Å². The molecule has 0 saturated carbocycles. The van der Waals surface area contributed by atoms with E-state index < -0.39 is 0 Å². The Morgan fingerprint density at radius 2 is 1.52 bits per heavy atom. The number of anilines is 1. The highest BCUT2D eigenvalue weighted by molar-refractivity contribution is 6.31. The molecular weight excluding hydrogens is 358 g/mol. The van der Waals surface area contributed by atoms with E-state index in [-0.39, 0.29) is 6.04 Å². The Kier molecular flexibility index (Phi) is 4.95. The second-order valence-electron chi connectivity index (χ2n) is 6.61. The van der Waals surface area contributed by atoms with E-state index in [1.54, 1.807) is 14.2 Å². The Bertz CT molecular complexity index is 942. The fraction of sp³-hybridized carbons (Fsp3) is 0.217. The normalized spacial score (nSPS) is 16.0. The van der Waals surface area contributed by atoms with Crippen molar-refractivity contribution in [2.45, 2.75) is 12.5 Å². The molecule has 1 aliphatic rings. The molecule has 3 aromatic rings. The summed E-state index contributed by atoms with van der Waals surface area (Å²) in [6, 6.07) is 22.8. The van der Waals surface area contributed by atoms with Crippen molar-refractivity contribution < 1.29 is 9.47 Å². The van der Waals surface area contributed by atoms with Gasteiger partial charge >= 0.3 is 0 Å². The van der Waals surface area contributed by atoms with E-state index in [2.05, 4.69) is 47.4 Å². The lowest BCUT2D eigenvalue weighted by Gasteiger charge is -2.40. The number of methoxy groups -OCH3 is 2. The zero-order valence-corrected chi connectivity index (χ0v) is 16.2. The molecule has 4 heteroatoms. The average molecular weight is 380 g/mol. The maximum Gasteiger partial charge on any atom is 0.161 e. The van der Waals surface area contributed by atoms with Gasteiger partial charge in [-0.2, -0.15) is 0 Å². The molecule has 1 unspecified atom stereocenters. The lowest BCUT2D eigenvalue weighted by Crippen LogP contribution is -2.36. The van der Waals surface area contributed by atoms with Gasteiger partial charge < -0.3 is 14.4 Å². The van der Waals surface area contributed by atoms with Gasteiger partial charge in [0.25, 0.3) is 0 Å². The fourth-order valence-corrected chi connectivity index (χ4v) is 4.11. The van der Waals surface area contributed by atoms with Gasteiger partial charge in [0.2, 0.25) is 0 Å². The fourth-order valence-electron chi connectivity index (χ4n) is 3.88. The molecule has 3 nitrogen and oxygen atoms in total. The summed E-state index contributed by atoms with van der Waals surface area (Å²) >= 11 is 6.63. The summed E-state index contributed by atoms with van der Waals surface area (Å²) in [7, 11) is 3.35. The Morgan fingerprint density at radius 3 is 2.22 bits per heavy atom. The quantitative estimate of drug-likeness (QED) is 0.596. The van der Waals surface area contributed by atoms with Crippen LogP contribution >= 0.6 is 11.6 Å². The van der Waals surface area contributed by atoms with E-state index in [9.17, 15) is 0 Å². The van der Waals surface area contributed by atoms with Crippen molar-refractivity contribution in [3.63, 3.8) is 0 Å². The number of rotatable bonds is 4. The predicted octanol–water partition coefficient (Wildman–Crippen LogP) is 5.51. The molecule has 1 heterocycles. The van der Waals surface area contributed by atoms with Crippen LogP contribution in [0, 0.1) is 0 Å². The summed E-state index contributed by atoms with van der Waals surface area (Å²) in [4.78, 5) is 2.41. The van der Waals surface area contributed by atoms with Gasteiger partial charge in [0, 0.05) is 17.3 Å². The lowest BCUT2D eigenvalue weighted by atomic mass is 9.87. The molecule has 3 aromatic carbocycles. The highest BCUT2D eigenvalue weighted by atomic mass is 35.5. The monoisotopic (exact) mass is 379 g/mol. The first-order valence-corrected chi connectivity index (χ1v) is 9.41. The molecule has 0 aromatic heterocycles. The number of fused-ring (bicyclic) bond motifs is 1. The summed E-state index contributed by atoms with van der Waals surface area (Å²) in [6.45, 7) is 0.905. The molecule has 4 rings (SSSR count). The molecule has 0 saturated heterocycles. The van der Waals surface area contributed by atoms with Crippen molar-refractivity contribution in [2.75, 3.05) is 25.7 Å². The average Bonchev–Trinajstić information content (AvgIpc) is 2.73. The van der Waals surface area contributed by atoms with Crippen LogP contribution in [0.2, 0.25) is 5.02 Å². The number of benzene rings is 3. The summed E-state index contributed by atoms with van der Waals surface area (Å²) in [5, 5.41) is 0.770. The molecule has 1 atom stereocenters. The number of hydrogen-bond donors (Lipinski definition) is 0. The van der Waals surface area contributed by atoms with Crippen molar-refractivity contribution in [1.29, 1.82) is 0 Å². The van der Waals surface area contributed by atoms with E-state index in [1.165, 1.54) is 16.8 Å². The van der Waals surface area contributed by atoms with E-state index in [0.717, 1.165) is 35.1 Å². The third-order valence-electron chi connectivity index (χ3n) is 5.16. The second-order valence-corrected chi connectivity index (χ2v) is 7.02. The predicted molar refractivity (Wildman–Crippen MR) is 110 cm³/mol. The second kappa shape index (κ2) is 7.53. The minimum absolute atomic E-state index is 0.0182. The lowest BCUT2D eigenvalue weighted by molar-refractivity contribution is 0.353. The number of halogens is 1. The van der Waals surface area contributed by atoms with Crippen LogP contribution in [0.1, 0.15) is 22.7 Å². The standard InChI is InChI=1S/C23H22ClNO2/c1-26-21-14-16-12-13-25(17-8-4-3-5-9-17)23(19(16)15-22(21)27-2)18-10-6-7-11-20(18)24/h3-11,14-15,23H,12-13H2,1-2H3. The summed E-state index contributed by atoms with van der Waals surface area (Å²) in [6.07, 6.45) is 0.936.